The van der Waals surface area contributed by atoms with Crippen molar-refractivity contribution in [1.29, 1.82) is 0 Å². The summed E-state index contributed by atoms with van der Waals surface area (Å²) in [7, 11) is 5.31. The lowest BCUT2D eigenvalue weighted by Crippen LogP contribution is -2.49. The SMILES string of the molecule is COc1ccc(C(=O)N2CCN(c3cc(N4CCN(C)CC4)nc(C)n3)CC2)cc1OC. The fraction of sp³-hybridized carbons (Fsp3) is 0.522. The molecule has 0 unspecified atom stereocenters. The molecule has 2 fully saturated rings. The fourth-order valence-electron chi connectivity index (χ4n) is 4.19. The number of aryl methyl sites for hydroxylation is 1. The molecular formula is C23H32N6O3. The fourth-order valence-corrected chi connectivity index (χ4v) is 4.19. The number of benzene rings is 1. The van der Waals surface area contributed by atoms with Crippen LogP contribution in [0.25, 0.3) is 0 Å². The van der Waals surface area contributed by atoms with Crippen LogP contribution in [0.1, 0.15) is 16.2 Å². The lowest BCUT2D eigenvalue weighted by Gasteiger charge is -2.37. The number of aromatic nitrogens is 2. The van der Waals surface area contributed by atoms with Crippen LogP contribution < -0.4 is 19.3 Å². The van der Waals surface area contributed by atoms with Crippen LogP contribution in [-0.2, 0) is 0 Å². The average molecular weight is 441 g/mol. The van der Waals surface area contributed by atoms with E-state index in [1.54, 1.807) is 32.4 Å². The lowest BCUT2D eigenvalue weighted by atomic mass is 10.1. The molecule has 9 heteroatoms. The van der Waals surface area contributed by atoms with Gasteiger partial charge < -0.3 is 29.1 Å². The van der Waals surface area contributed by atoms with Gasteiger partial charge in [0, 0.05) is 64.0 Å². The van der Waals surface area contributed by atoms with Gasteiger partial charge in [-0.05, 0) is 32.2 Å². The number of carbonyl (C=O) groups is 1. The summed E-state index contributed by atoms with van der Waals surface area (Å²) in [6.45, 7) is 8.71. The van der Waals surface area contributed by atoms with Crippen LogP contribution in [0.2, 0.25) is 0 Å². The maximum Gasteiger partial charge on any atom is 0.254 e. The third-order valence-corrected chi connectivity index (χ3v) is 6.16. The second-order valence-corrected chi connectivity index (χ2v) is 8.27. The first kappa shape index (κ1) is 22.1. The third kappa shape index (κ3) is 4.72. The summed E-state index contributed by atoms with van der Waals surface area (Å²) in [4.78, 5) is 31.2. The Balaban J connectivity index is 1.42. The number of ether oxygens (including phenoxy) is 2. The topological polar surface area (TPSA) is 74.3 Å². The number of carbonyl (C=O) groups excluding carboxylic acids is 1. The van der Waals surface area contributed by atoms with Gasteiger partial charge in [0.1, 0.15) is 17.5 Å². The van der Waals surface area contributed by atoms with E-state index in [9.17, 15) is 4.79 Å². The standard InChI is InChI=1S/C23H32N6O3/c1-17-24-21(27-9-7-26(2)8-10-27)16-22(25-17)28-11-13-29(14-12-28)23(30)18-5-6-19(31-3)20(15-18)32-4/h5-6,15-16H,7-14H2,1-4H3. The number of hydrogen-bond acceptors (Lipinski definition) is 8. The van der Waals surface area contributed by atoms with Crippen molar-refractivity contribution in [3.05, 3.63) is 35.7 Å². The molecule has 2 aliphatic rings. The molecule has 0 aliphatic carbocycles. The molecule has 9 nitrogen and oxygen atoms in total. The molecule has 0 saturated carbocycles. The normalized spacial score (nSPS) is 17.4. The Morgan fingerprint density at radius 3 is 1.94 bits per heavy atom. The number of likely N-dealkylation sites (N-methyl/N-ethyl adjacent to an activating group) is 1. The van der Waals surface area contributed by atoms with Gasteiger partial charge >= 0.3 is 0 Å². The highest BCUT2D eigenvalue weighted by Crippen LogP contribution is 2.28. The molecule has 0 N–H and O–H groups in total. The minimum atomic E-state index is 0.00240. The van der Waals surface area contributed by atoms with Gasteiger partial charge in [0.25, 0.3) is 5.91 Å². The molecule has 2 aliphatic heterocycles. The number of amides is 1. The van der Waals surface area contributed by atoms with Crippen LogP contribution in [0.15, 0.2) is 24.3 Å². The Bertz CT molecular complexity index is 953. The van der Waals surface area contributed by atoms with Crippen LogP contribution in [0.5, 0.6) is 11.5 Å². The van der Waals surface area contributed by atoms with Gasteiger partial charge in [-0.25, -0.2) is 9.97 Å². The molecule has 3 heterocycles. The van der Waals surface area contributed by atoms with Gasteiger partial charge in [0.05, 0.1) is 14.2 Å². The molecule has 1 aromatic heterocycles. The molecule has 0 spiro atoms. The average Bonchev–Trinajstić information content (AvgIpc) is 2.83. The molecule has 172 valence electrons. The predicted molar refractivity (Wildman–Crippen MR) is 124 cm³/mol. The second kappa shape index (κ2) is 9.60. The highest BCUT2D eigenvalue weighted by molar-refractivity contribution is 5.95. The van der Waals surface area contributed by atoms with Crippen molar-refractivity contribution in [2.45, 2.75) is 6.92 Å². The van der Waals surface area contributed by atoms with E-state index in [-0.39, 0.29) is 5.91 Å². The highest BCUT2D eigenvalue weighted by Gasteiger charge is 2.25. The predicted octanol–water partition coefficient (Wildman–Crippen LogP) is 1.52. The van der Waals surface area contributed by atoms with E-state index < -0.39 is 0 Å². The zero-order valence-corrected chi connectivity index (χ0v) is 19.4. The van der Waals surface area contributed by atoms with Gasteiger partial charge in [0.15, 0.2) is 11.5 Å². The Morgan fingerprint density at radius 2 is 1.38 bits per heavy atom. The number of rotatable bonds is 5. The minimum Gasteiger partial charge on any atom is -0.493 e. The Labute approximate surface area is 189 Å². The van der Waals surface area contributed by atoms with Crippen LogP contribution >= 0.6 is 0 Å². The van der Waals surface area contributed by atoms with Crippen LogP contribution in [-0.4, -0.2) is 99.3 Å². The van der Waals surface area contributed by atoms with E-state index in [1.165, 1.54) is 0 Å². The third-order valence-electron chi connectivity index (χ3n) is 6.16. The number of nitrogens with zero attached hydrogens (tertiary/aromatic N) is 6. The summed E-state index contributed by atoms with van der Waals surface area (Å²) in [5.74, 6) is 3.88. The highest BCUT2D eigenvalue weighted by atomic mass is 16.5. The molecule has 0 radical (unpaired) electrons. The minimum absolute atomic E-state index is 0.00240. The summed E-state index contributed by atoms with van der Waals surface area (Å²) in [5, 5.41) is 0. The van der Waals surface area contributed by atoms with Crippen LogP contribution in [0, 0.1) is 6.92 Å². The van der Waals surface area contributed by atoms with Crippen molar-refractivity contribution in [3.8, 4) is 11.5 Å². The van der Waals surface area contributed by atoms with Crippen molar-refractivity contribution in [1.82, 2.24) is 19.8 Å². The summed E-state index contributed by atoms with van der Waals surface area (Å²) >= 11 is 0. The summed E-state index contributed by atoms with van der Waals surface area (Å²) < 4.78 is 10.6. The quantitative estimate of drug-likeness (QED) is 0.693. The Kier molecular flexibility index (Phi) is 6.64. The van der Waals surface area contributed by atoms with E-state index >= 15 is 0 Å². The van der Waals surface area contributed by atoms with Gasteiger partial charge in [-0.1, -0.05) is 0 Å². The summed E-state index contributed by atoms with van der Waals surface area (Å²) in [5.41, 5.74) is 0.603. The molecule has 2 aromatic rings. The first-order valence-electron chi connectivity index (χ1n) is 11.0. The lowest BCUT2D eigenvalue weighted by molar-refractivity contribution is 0.0746. The molecule has 1 amide bonds. The van der Waals surface area contributed by atoms with E-state index in [2.05, 4.69) is 37.8 Å². The van der Waals surface area contributed by atoms with Gasteiger partial charge in [-0.15, -0.1) is 0 Å². The van der Waals surface area contributed by atoms with Crippen LogP contribution in [0.4, 0.5) is 11.6 Å². The number of anilines is 2. The second-order valence-electron chi connectivity index (χ2n) is 8.27. The molecule has 0 bridgehead atoms. The summed E-state index contributed by atoms with van der Waals surface area (Å²) in [6.07, 6.45) is 0. The molecule has 2 saturated heterocycles. The number of hydrogen-bond donors (Lipinski definition) is 0. The smallest absolute Gasteiger partial charge is 0.254 e. The molecule has 0 atom stereocenters. The van der Waals surface area contributed by atoms with Crippen molar-refractivity contribution >= 4 is 17.5 Å². The number of methoxy groups -OCH3 is 2. The zero-order chi connectivity index (χ0) is 22.7. The van der Waals surface area contributed by atoms with E-state index in [0.29, 0.717) is 30.2 Å². The molecule has 4 rings (SSSR count). The van der Waals surface area contributed by atoms with E-state index in [1.807, 2.05) is 11.8 Å². The Hall–Kier alpha value is -3.07. The molecule has 32 heavy (non-hydrogen) atoms. The largest absolute Gasteiger partial charge is 0.493 e. The van der Waals surface area contributed by atoms with Crippen molar-refractivity contribution in [2.75, 3.05) is 83.4 Å². The zero-order valence-electron chi connectivity index (χ0n) is 19.4. The number of piperazine rings is 2. The van der Waals surface area contributed by atoms with Gasteiger partial charge in [-0.2, -0.15) is 0 Å². The first-order chi connectivity index (χ1) is 15.5. The Morgan fingerprint density at radius 1 is 0.812 bits per heavy atom. The molecular weight excluding hydrogens is 408 g/mol. The van der Waals surface area contributed by atoms with Crippen molar-refractivity contribution in [3.63, 3.8) is 0 Å². The summed E-state index contributed by atoms with van der Waals surface area (Å²) in [6, 6.07) is 7.38. The monoisotopic (exact) mass is 440 g/mol. The van der Waals surface area contributed by atoms with E-state index in [4.69, 9.17) is 9.47 Å². The molecule has 1 aromatic carbocycles. The van der Waals surface area contributed by atoms with E-state index in [0.717, 1.165) is 56.7 Å². The van der Waals surface area contributed by atoms with Gasteiger partial charge in [0.2, 0.25) is 0 Å². The van der Waals surface area contributed by atoms with Crippen molar-refractivity contribution < 1.29 is 14.3 Å². The maximum atomic E-state index is 13.0. The maximum absolute atomic E-state index is 13.0. The van der Waals surface area contributed by atoms with Crippen LogP contribution in [0.3, 0.4) is 0 Å². The van der Waals surface area contributed by atoms with Crippen molar-refractivity contribution in [2.24, 2.45) is 0 Å². The first-order valence-corrected chi connectivity index (χ1v) is 11.0. The van der Waals surface area contributed by atoms with Gasteiger partial charge in [-0.3, -0.25) is 4.79 Å².